The number of hydrogen-bond acceptors (Lipinski definition) is 3. The first-order chi connectivity index (χ1) is 8.79. The normalized spacial score (nSPS) is 28.4. The SMILES string of the molecule is CC1CN2CCCC2CN1c1ccccc1CO. The zero-order valence-corrected chi connectivity index (χ0v) is 11.0. The maximum Gasteiger partial charge on any atom is 0.0702 e. The summed E-state index contributed by atoms with van der Waals surface area (Å²) in [5.41, 5.74) is 2.27. The number of aliphatic hydroxyl groups excluding tert-OH is 1. The molecular weight excluding hydrogens is 224 g/mol. The van der Waals surface area contributed by atoms with Gasteiger partial charge in [0.25, 0.3) is 0 Å². The summed E-state index contributed by atoms with van der Waals surface area (Å²) >= 11 is 0. The van der Waals surface area contributed by atoms with E-state index in [1.807, 2.05) is 12.1 Å². The molecule has 2 atom stereocenters. The second kappa shape index (κ2) is 4.90. The molecule has 0 aliphatic carbocycles. The Morgan fingerprint density at radius 1 is 1.28 bits per heavy atom. The summed E-state index contributed by atoms with van der Waals surface area (Å²) in [7, 11) is 0. The Balaban J connectivity index is 1.86. The van der Waals surface area contributed by atoms with Gasteiger partial charge in [-0.05, 0) is 32.4 Å². The van der Waals surface area contributed by atoms with Crippen molar-refractivity contribution in [1.82, 2.24) is 4.90 Å². The third-order valence-corrected chi connectivity index (χ3v) is 4.41. The Bertz CT molecular complexity index is 421. The van der Waals surface area contributed by atoms with Crippen LogP contribution in [0.25, 0.3) is 0 Å². The van der Waals surface area contributed by atoms with Crippen LogP contribution in [0.1, 0.15) is 25.3 Å². The van der Waals surface area contributed by atoms with E-state index in [4.69, 9.17) is 0 Å². The number of benzene rings is 1. The largest absolute Gasteiger partial charge is 0.392 e. The van der Waals surface area contributed by atoms with Gasteiger partial charge in [-0.15, -0.1) is 0 Å². The first-order valence-corrected chi connectivity index (χ1v) is 6.99. The average molecular weight is 246 g/mol. The molecular formula is C15H22N2O. The van der Waals surface area contributed by atoms with Crippen molar-refractivity contribution < 1.29 is 5.11 Å². The Hall–Kier alpha value is -1.06. The van der Waals surface area contributed by atoms with Crippen LogP contribution in [0, 0.1) is 0 Å². The van der Waals surface area contributed by atoms with E-state index in [-0.39, 0.29) is 6.61 Å². The molecule has 2 saturated heterocycles. The van der Waals surface area contributed by atoms with Crippen LogP contribution >= 0.6 is 0 Å². The molecule has 0 bridgehead atoms. The van der Waals surface area contributed by atoms with Gasteiger partial charge in [0.15, 0.2) is 0 Å². The number of hydrogen-bond donors (Lipinski definition) is 1. The van der Waals surface area contributed by atoms with Gasteiger partial charge >= 0.3 is 0 Å². The van der Waals surface area contributed by atoms with Gasteiger partial charge in [0, 0.05) is 36.4 Å². The highest BCUT2D eigenvalue weighted by atomic mass is 16.3. The van der Waals surface area contributed by atoms with Gasteiger partial charge in [-0.2, -0.15) is 0 Å². The second-order valence-corrected chi connectivity index (χ2v) is 5.58. The van der Waals surface area contributed by atoms with Crippen molar-refractivity contribution in [2.75, 3.05) is 24.5 Å². The molecule has 2 aliphatic heterocycles. The van der Waals surface area contributed by atoms with E-state index < -0.39 is 0 Å². The van der Waals surface area contributed by atoms with Crippen LogP contribution in [0.3, 0.4) is 0 Å². The molecule has 1 N–H and O–H groups in total. The summed E-state index contributed by atoms with van der Waals surface area (Å²) in [6.45, 7) is 5.96. The number of aliphatic hydroxyl groups is 1. The minimum atomic E-state index is 0.133. The highest BCUT2D eigenvalue weighted by Gasteiger charge is 2.34. The smallest absolute Gasteiger partial charge is 0.0702 e. The van der Waals surface area contributed by atoms with Crippen LogP contribution < -0.4 is 4.90 Å². The number of piperazine rings is 1. The molecule has 0 radical (unpaired) electrons. The Labute approximate surface area is 109 Å². The lowest BCUT2D eigenvalue weighted by molar-refractivity contribution is 0.202. The van der Waals surface area contributed by atoms with Gasteiger partial charge in [0.2, 0.25) is 0 Å². The fraction of sp³-hybridized carbons (Fsp3) is 0.600. The first kappa shape index (κ1) is 12.0. The van der Waals surface area contributed by atoms with Crippen molar-refractivity contribution in [2.24, 2.45) is 0 Å². The van der Waals surface area contributed by atoms with E-state index >= 15 is 0 Å². The molecule has 0 amide bonds. The van der Waals surface area contributed by atoms with Gasteiger partial charge in [-0.1, -0.05) is 18.2 Å². The molecule has 0 spiro atoms. The van der Waals surface area contributed by atoms with Crippen molar-refractivity contribution >= 4 is 5.69 Å². The molecule has 2 unspecified atom stereocenters. The maximum atomic E-state index is 9.49. The van der Waals surface area contributed by atoms with E-state index in [9.17, 15) is 5.11 Å². The zero-order chi connectivity index (χ0) is 12.5. The molecule has 1 aromatic rings. The fourth-order valence-corrected chi connectivity index (χ4v) is 3.45. The summed E-state index contributed by atoms with van der Waals surface area (Å²) < 4.78 is 0. The minimum Gasteiger partial charge on any atom is -0.392 e. The maximum absolute atomic E-state index is 9.49. The summed E-state index contributed by atoms with van der Waals surface area (Å²) in [5, 5.41) is 9.49. The Kier molecular flexibility index (Phi) is 3.27. The molecule has 18 heavy (non-hydrogen) atoms. The van der Waals surface area contributed by atoms with Crippen molar-refractivity contribution in [3.8, 4) is 0 Å². The molecule has 3 nitrogen and oxygen atoms in total. The molecule has 3 heteroatoms. The predicted molar refractivity (Wildman–Crippen MR) is 73.8 cm³/mol. The summed E-state index contributed by atoms with van der Waals surface area (Å²) in [5.74, 6) is 0. The second-order valence-electron chi connectivity index (χ2n) is 5.58. The van der Waals surface area contributed by atoms with E-state index in [0.717, 1.165) is 18.7 Å². The Morgan fingerprint density at radius 3 is 2.94 bits per heavy atom. The number of rotatable bonds is 2. The first-order valence-electron chi connectivity index (χ1n) is 6.99. The molecule has 98 valence electrons. The van der Waals surface area contributed by atoms with Crippen LogP contribution in [0.2, 0.25) is 0 Å². The van der Waals surface area contributed by atoms with Crippen molar-refractivity contribution in [1.29, 1.82) is 0 Å². The van der Waals surface area contributed by atoms with Gasteiger partial charge in [-0.3, -0.25) is 4.90 Å². The summed E-state index contributed by atoms with van der Waals surface area (Å²) in [6, 6.07) is 9.50. The van der Waals surface area contributed by atoms with Gasteiger partial charge in [0.1, 0.15) is 0 Å². The summed E-state index contributed by atoms with van der Waals surface area (Å²) in [6.07, 6.45) is 2.66. The molecule has 1 aromatic carbocycles. The Morgan fingerprint density at radius 2 is 2.11 bits per heavy atom. The van der Waals surface area contributed by atoms with Gasteiger partial charge in [-0.25, -0.2) is 0 Å². The van der Waals surface area contributed by atoms with Crippen LogP contribution in [-0.4, -0.2) is 41.7 Å². The lowest BCUT2D eigenvalue weighted by Gasteiger charge is -2.44. The van der Waals surface area contributed by atoms with E-state index in [1.54, 1.807) is 0 Å². The highest BCUT2D eigenvalue weighted by molar-refractivity contribution is 5.54. The molecule has 2 fully saturated rings. The van der Waals surface area contributed by atoms with Crippen LogP contribution in [0.15, 0.2) is 24.3 Å². The van der Waals surface area contributed by atoms with Gasteiger partial charge in [0.05, 0.1) is 6.61 Å². The predicted octanol–water partition coefficient (Wildman–Crippen LogP) is 1.85. The van der Waals surface area contributed by atoms with Crippen molar-refractivity contribution in [3.05, 3.63) is 29.8 Å². The standard InChI is InChI=1S/C15H22N2O/c1-12-9-16-8-4-6-14(16)10-17(12)15-7-3-2-5-13(15)11-18/h2-3,5,7,12,14,18H,4,6,8-11H2,1H3. The highest BCUT2D eigenvalue weighted by Crippen LogP contribution is 2.30. The lowest BCUT2D eigenvalue weighted by atomic mass is 10.0. The third kappa shape index (κ3) is 2.02. The van der Waals surface area contributed by atoms with E-state index in [2.05, 4.69) is 28.9 Å². The van der Waals surface area contributed by atoms with Crippen molar-refractivity contribution in [3.63, 3.8) is 0 Å². The molecule has 3 rings (SSSR count). The number of nitrogens with zero attached hydrogens (tertiary/aromatic N) is 2. The van der Waals surface area contributed by atoms with Gasteiger partial charge < -0.3 is 10.0 Å². The molecule has 2 aliphatic rings. The lowest BCUT2D eigenvalue weighted by Crippen LogP contribution is -2.55. The molecule has 2 heterocycles. The average Bonchev–Trinajstić information content (AvgIpc) is 2.84. The molecule has 0 saturated carbocycles. The van der Waals surface area contributed by atoms with Crippen molar-refractivity contribution in [2.45, 2.75) is 38.5 Å². The zero-order valence-electron chi connectivity index (χ0n) is 11.0. The van der Waals surface area contributed by atoms with Crippen LogP contribution in [0.4, 0.5) is 5.69 Å². The molecule has 0 aromatic heterocycles. The fourth-order valence-electron chi connectivity index (χ4n) is 3.45. The van der Waals surface area contributed by atoms with Crippen LogP contribution in [0.5, 0.6) is 0 Å². The minimum absolute atomic E-state index is 0.133. The third-order valence-electron chi connectivity index (χ3n) is 4.41. The number of para-hydroxylation sites is 1. The monoisotopic (exact) mass is 246 g/mol. The topological polar surface area (TPSA) is 26.7 Å². The quantitative estimate of drug-likeness (QED) is 0.862. The van der Waals surface area contributed by atoms with E-state index in [0.29, 0.717) is 12.1 Å². The summed E-state index contributed by atoms with van der Waals surface area (Å²) in [4.78, 5) is 5.11. The number of fused-ring (bicyclic) bond motifs is 1. The number of anilines is 1. The van der Waals surface area contributed by atoms with E-state index in [1.165, 1.54) is 25.1 Å². The van der Waals surface area contributed by atoms with Crippen LogP contribution in [-0.2, 0) is 6.61 Å².